The predicted octanol–water partition coefficient (Wildman–Crippen LogP) is 0.886. The van der Waals surface area contributed by atoms with Gasteiger partial charge in [0.1, 0.15) is 24.3 Å². The molecular formula is C17H22F2N2O4. The van der Waals surface area contributed by atoms with Crippen molar-refractivity contribution in [3.63, 3.8) is 0 Å². The van der Waals surface area contributed by atoms with E-state index in [0.717, 1.165) is 18.2 Å². The van der Waals surface area contributed by atoms with Crippen LogP contribution in [0.4, 0.5) is 8.78 Å². The van der Waals surface area contributed by atoms with Crippen LogP contribution in [0.25, 0.3) is 0 Å². The van der Waals surface area contributed by atoms with Crippen molar-refractivity contribution in [2.75, 3.05) is 33.9 Å². The number of nitrogens with one attached hydrogen (secondary N) is 1. The van der Waals surface area contributed by atoms with Crippen LogP contribution in [0.15, 0.2) is 18.2 Å². The molecule has 138 valence electrons. The van der Waals surface area contributed by atoms with Crippen LogP contribution in [0.2, 0.25) is 0 Å². The number of hydrogen-bond donors (Lipinski definition) is 1. The van der Waals surface area contributed by atoms with Gasteiger partial charge in [0.25, 0.3) is 0 Å². The highest BCUT2D eigenvalue weighted by Crippen LogP contribution is 2.13. The van der Waals surface area contributed by atoms with Crippen molar-refractivity contribution >= 4 is 11.8 Å². The summed E-state index contributed by atoms with van der Waals surface area (Å²) in [5.41, 5.74) is 0.252. The minimum Gasteiger partial charge on any atom is -0.379 e. The summed E-state index contributed by atoms with van der Waals surface area (Å²) >= 11 is 0. The highest BCUT2D eigenvalue weighted by Gasteiger charge is 2.28. The minimum atomic E-state index is -0.725. The van der Waals surface area contributed by atoms with Crippen molar-refractivity contribution in [3.05, 3.63) is 35.4 Å². The van der Waals surface area contributed by atoms with Crippen LogP contribution in [0.3, 0.4) is 0 Å². The van der Waals surface area contributed by atoms with Crippen molar-refractivity contribution < 1.29 is 27.8 Å². The zero-order valence-electron chi connectivity index (χ0n) is 14.3. The number of ether oxygens (including phenoxy) is 2. The summed E-state index contributed by atoms with van der Waals surface area (Å²) in [6, 6.07) is 2.67. The van der Waals surface area contributed by atoms with E-state index in [1.54, 1.807) is 14.1 Å². The molecule has 0 aromatic heterocycles. The molecule has 1 heterocycles. The smallest absolute Gasteiger partial charge is 0.248 e. The fraction of sp³-hybridized carbons (Fsp3) is 0.529. The van der Waals surface area contributed by atoms with Crippen LogP contribution in [0, 0.1) is 11.6 Å². The van der Waals surface area contributed by atoms with Gasteiger partial charge in [-0.05, 0) is 24.1 Å². The highest BCUT2D eigenvalue weighted by molar-refractivity contribution is 5.79. The fourth-order valence-electron chi connectivity index (χ4n) is 2.50. The van der Waals surface area contributed by atoms with Crippen LogP contribution < -0.4 is 5.32 Å². The van der Waals surface area contributed by atoms with Crippen LogP contribution in [0.1, 0.15) is 12.0 Å². The zero-order chi connectivity index (χ0) is 18.4. The molecule has 0 saturated carbocycles. The summed E-state index contributed by atoms with van der Waals surface area (Å²) in [5.74, 6) is -2.01. The van der Waals surface area contributed by atoms with Gasteiger partial charge in [-0.25, -0.2) is 8.78 Å². The number of benzene rings is 1. The Morgan fingerprint density at radius 2 is 1.96 bits per heavy atom. The van der Waals surface area contributed by atoms with Gasteiger partial charge in [0.2, 0.25) is 11.8 Å². The maximum atomic E-state index is 13.2. The Bertz CT molecular complexity index is 604. The van der Waals surface area contributed by atoms with Crippen molar-refractivity contribution in [2.45, 2.75) is 25.0 Å². The molecule has 1 N–H and O–H groups in total. The molecule has 6 nitrogen and oxygen atoms in total. The molecule has 1 fully saturated rings. The van der Waals surface area contributed by atoms with E-state index in [9.17, 15) is 18.4 Å². The molecule has 1 saturated heterocycles. The zero-order valence-corrected chi connectivity index (χ0v) is 14.3. The van der Waals surface area contributed by atoms with Gasteiger partial charge >= 0.3 is 0 Å². The molecule has 0 radical (unpaired) electrons. The van der Waals surface area contributed by atoms with Crippen molar-refractivity contribution in [2.24, 2.45) is 0 Å². The molecule has 0 unspecified atom stereocenters. The first-order valence-electron chi connectivity index (χ1n) is 7.99. The first-order chi connectivity index (χ1) is 11.8. The van der Waals surface area contributed by atoms with E-state index < -0.39 is 17.7 Å². The van der Waals surface area contributed by atoms with Gasteiger partial charge in [-0.3, -0.25) is 9.59 Å². The normalized spacial score (nSPS) is 20.2. The summed E-state index contributed by atoms with van der Waals surface area (Å²) in [7, 11) is 3.25. The second kappa shape index (κ2) is 8.87. The predicted molar refractivity (Wildman–Crippen MR) is 85.9 cm³/mol. The molecule has 2 rings (SSSR count). The Hall–Kier alpha value is -2.06. The van der Waals surface area contributed by atoms with E-state index in [2.05, 4.69) is 5.32 Å². The monoisotopic (exact) mass is 356 g/mol. The quantitative estimate of drug-likeness (QED) is 0.822. The van der Waals surface area contributed by atoms with Crippen LogP contribution in [0.5, 0.6) is 0 Å². The number of likely N-dealkylation sites (N-methyl/N-ethyl adjacent to an activating group) is 1. The van der Waals surface area contributed by atoms with Crippen molar-refractivity contribution in [1.29, 1.82) is 0 Å². The summed E-state index contributed by atoms with van der Waals surface area (Å²) in [6.07, 6.45) is -0.0646. The summed E-state index contributed by atoms with van der Waals surface area (Å²) < 4.78 is 37.3. The molecule has 25 heavy (non-hydrogen) atoms. The number of carbonyl (C=O) groups is 2. The van der Waals surface area contributed by atoms with E-state index in [-0.39, 0.29) is 43.1 Å². The molecule has 0 spiro atoms. The molecule has 2 amide bonds. The third kappa shape index (κ3) is 6.06. The number of hydrogen-bond acceptors (Lipinski definition) is 4. The highest BCUT2D eigenvalue weighted by atomic mass is 19.1. The number of halogens is 2. The van der Waals surface area contributed by atoms with Crippen LogP contribution in [-0.4, -0.2) is 62.8 Å². The van der Waals surface area contributed by atoms with E-state index >= 15 is 0 Å². The Balaban J connectivity index is 1.91. The molecule has 2 atom stereocenters. The minimum absolute atomic E-state index is 0.109. The van der Waals surface area contributed by atoms with Gasteiger partial charge in [-0.1, -0.05) is 0 Å². The maximum absolute atomic E-state index is 13.2. The third-order valence-corrected chi connectivity index (χ3v) is 3.86. The number of carbonyl (C=O) groups excluding carboxylic acids is 2. The summed E-state index contributed by atoms with van der Waals surface area (Å²) in [4.78, 5) is 25.2. The second-order valence-electron chi connectivity index (χ2n) is 6.13. The van der Waals surface area contributed by atoms with Crippen molar-refractivity contribution in [3.8, 4) is 0 Å². The Morgan fingerprint density at radius 3 is 2.60 bits per heavy atom. The number of amides is 2. The van der Waals surface area contributed by atoms with Gasteiger partial charge < -0.3 is 19.7 Å². The van der Waals surface area contributed by atoms with Gasteiger partial charge in [0.15, 0.2) is 0 Å². The first-order valence-corrected chi connectivity index (χ1v) is 7.99. The lowest BCUT2D eigenvalue weighted by Gasteiger charge is -2.32. The van der Waals surface area contributed by atoms with Gasteiger partial charge in [-0.15, -0.1) is 0 Å². The molecule has 8 heteroatoms. The second-order valence-corrected chi connectivity index (χ2v) is 6.13. The Kier molecular flexibility index (Phi) is 6.83. The fourth-order valence-corrected chi connectivity index (χ4v) is 2.50. The molecule has 0 bridgehead atoms. The molecule has 1 aromatic carbocycles. The lowest BCUT2D eigenvalue weighted by atomic mass is 10.0. The lowest BCUT2D eigenvalue weighted by Crippen LogP contribution is -2.51. The Morgan fingerprint density at radius 1 is 1.28 bits per heavy atom. The van der Waals surface area contributed by atoms with Gasteiger partial charge in [-0.2, -0.15) is 0 Å². The number of rotatable bonds is 6. The maximum Gasteiger partial charge on any atom is 0.248 e. The molecule has 0 aliphatic carbocycles. The van der Waals surface area contributed by atoms with E-state index in [0.29, 0.717) is 13.0 Å². The first kappa shape index (κ1) is 19.3. The molecule has 1 aromatic rings. The molecular weight excluding hydrogens is 334 g/mol. The molecule has 1 aliphatic rings. The summed E-state index contributed by atoms with van der Waals surface area (Å²) in [5, 5.41) is 2.80. The standard InChI is InChI=1S/C17H22F2N2O4/c1-21(2)17(23)10-25-15-9-24-4-3-14(15)20-16(22)7-11-5-12(18)8-13(19)6-11/h5-6,8,14-15H,3-4,7,9-10H2,1-2H3,(H,20,22)/t14-,15-/m1/s1. The Labute approximate surface area is 145 Å². The van der Waals surface area contributed by atoms with E-state index in [1.165, 1.54) is 4.90 Å². The molecule has 1 aliphatic heterocycles. The number of nitrogens with zero attached hydrogens (tertiary/aromatic N) is 1. The van der Waals surface area contributed by atoms with Crippen molar-refractivity contribution in [1.82, 2.24) is 10.2 Å². The van der Waals surface area contributed by atoms with Gasteiger partial charge in [0, 0.05) is 26.8 Å². The topological polar surface area (TPSA) is 67.9 Å². The van der Waals surface area contributed by atoms with Gasteiger partial charge in [0.05, 0.1) is 19.1 Å². The van der Waals surface area contributed by atoms with E-state index in [4.69, 9.17) is 9.47 Å². The largest absolute Gasteiger partial charge is 0.379 e. The average Bonchev–Trinajstić information content (AvgIpc) is 2.52. The van der Waals surface area contributed by atoms with Crippen LogP contribution in [-0.2, 0) is 25.5 Å². The average molecular weight is 356 g/mol. The SMILES string of the molecule is CN(C)C(=O)CO[C@@H]1COCC[C@H]1NC(=O)Cc1cc(F)cc(F)c1. The van der Waals surface area contributed by atoms with E-state index in [1.807, 2.05) is 0 Å². The van der Waals surface area contributed by atoms with Crippen LogP contribution >= 0.6 is 0 Å². The summed E-state index contributed by atoms with van der Waals surface area (Å²) in [6.45, 7) is 0.615. The third-order valence-electron chi connectivity index (χ3n) is 3.86. The lowest BCUT2D eigenvalue weighted by molar-refractivity contribution is -0.141.